The predicted octanol–water partition coefficient (Wildman–Crippen LogP) is 2.89. The summed E-state index contributed by atoms with van der Waals surface area (Å²) < 4.78 is 11.6. The van der Waals surface area contributed by atoms with E-state index in [2.05, 4.69) is 19.9 Å². The van der Waals surface area contributed by atoms with Crippen molar-refractivity contribution in [1.29, 1.82) is 5.26 Å². The molecule has 2 rings (SSSR count). The molecular weight excluding hydrogens is 214 g/mol. The highest BCUT2D eigenvalue weighted by atomic mass is 16.5. The van der Waals surface area contributed by atoms with Crippen molar-refractivity contribution in [2.75, 3.05) is 0 Å². The molecule has 1 aliphatic rings. The molecule has 0 aliphatic carbocycles. The summed E-state index contributed by atoms with van der Waals surface area (Å²) >= 11 is 0. The molecule has 0 spiro atoms. The van der Waals surface area contributed by atoms with E-state index in [1.807, 2.05) is 18.2 Å². The summed E-state index contributed by atoms with van der Waals surface area (Å²) in [6, 6.07) is 9.52. The van der Waals surface area contributed by atoms with E-state index in [4.69, 9.17) is 14.7 Å². The molecule has 3 heteroatoms. The lowest BCUT2D eigenvalue weighted by Gasteiger charge is -2.32. The van der Waals surface area contributed by atoms with E-state index in [1.54, 1.807) is 6.07 Å². The third-order valence-electron chi connectivity index (χ3n) is 2.96. The molecule has 3 nitrogen and oxygen atoms in total. The van der Waals surface area contributed by atoms with E-state index in [9.17, 15) is 0 Å². The topological polar surface area (TPSA) is 42.2 Å². The number of hydrogen-bond acceptors (Lipinski definition) is 3. The van der Waals surface area contributed by atoms with Crippen molar-refractivity contribution in [2.24, 2.45) is 0 Å². The minimum atomic E-state index is 0.142. The van der Waals surface area contributed by atoms with E-state index in [-0.39, 0.29) is 18.3 Å². The number of ether oxygens (including phenoxy) is 2. The summed E-state index contributed by atoms with van der Waals surface area (Å²) in [4.78, 5) is 0. The summed E-state index contributed by atoms with van der Waals surface area (Å²) in [5.74, 6) is 0.682. The minimum Gasteiger partial charge on any atom is -0.489 e. The van der Waals surface area contributed by atoms with Crippen LogP contribution in [0.15, 0.2) is 24.3 Å². The molecule has 0 bridgehead atoms. The van der Waals surface area contributed by atoms with Gasteiger partial charge in [0, 0.05) is 12.8 Å². The maximum absolute atomic E-state index is 9.00. The van der Waals surface area contributed by atoms with E-state index >= 15 is 0 Å². The van der Waals surface area contributed by atoms with Crippen LogP contribution in [0.1, 0.15) is 32.3 Å². The number of benzene rings is 1. The molecule has 90 valence electrons. The average molecular weight is 231 g/mol. The van der Waals surface area contributed by atoms with E-state index < -0.39 is 0 Å². The number of nitriles is 1. The predicted molar refractivity (Wildman–Crippen MR) is 64.8 cm³/mol. The zero-order valence-electron chi connectivity index (χ0n) is 10.2. The Labute approximate surface area is 102 Å². The lowest BCUT2D eigenvalue weighted by atomic mass is 10.0. The molecule has 2 atom stereocenters. The van der Waals surface area contributed by atoms with Crippen LogP contribution >= 0.6 is 0 Å². The first-order valence-electron chi connectivity index (χ1n) is 6.00. The molecule has 1 aliphatic heterocycles. The highest BCUT2D eigenvalue weighted by Gasteiger charge is 2.26. The van der Waals surface area contributed by atoms with Crippen LogP contribution in [0.2, 0.25) is 0 Å². The molecule has 17 heavy (non-hydrogen) atoms. The van der Waals surface area contributed by atoms with Crippen LogP contribution in [0.25, 0.3) is 0 Å². The highest BCUT2D eigenvalue weighted by Crippen LogP contribution is 2.26. The van der Waals surface area contributed by atoms with Gasteiger partial charge in [-0.05, 0) is 26.0 Å². The summed E-state index contributed by atoms with van der Waals surface area (Å²) in [6.07, 6.45) is 2.34. The van der Waals surface area contributed by atoms with Crippen molar-refractivity contribution < 1.29 is 9.47 Å². The molecule has 0 radical (unpaired) electrons. The SMILES string of the molecule is CC1CC(Oc2ccccc2C#N)CC(C)O1. The molecule has 0 aromatic heterocycles. The average Bonchev–Trinajstić information content (AvgIpc) is 2.28. The molecule has 1 aromatic carbocycles. The van der Waals surface area contributed by atoms with E-state index in [0.29, 0.717) is 11.3 Å². The van der Waals surface area contributed by atoms with Gasteiger partial charge in [-0.1, -0.05) is 12.1 Å². The summed E-state index contributed by atoms with van der Waals surface area (Å²) in [5, 5.41) is 9.00. The molecule has 1 saturated heterocycles. The Balaban J connectivity index is 2.08. The molecule has 1 fully saturated rings. The second kappa shape index (κ2) is 5.20. The van der Waals surface area contributed by atoms with Gasteiger partial charge < -0.3 is 9.47 Å². The Morgan fingerprint density at radius 1 is 1.24 bits per heavy atom. The second-order valence-corrected chi connectivity index (χ2v) is 4.58. The fraction of sp³-hybridized carbons (Fsp3) is 0.500. The van der Waals surface area contributed by atoms with Crippen LogP contribution in [-0.2, 0) is 4.74 Å². The van der Waals surface area contributed by atoms with Crippen molar-refractivity contribution in [3.63, 3.8) is 0 Å². The van der Waals surface area contributed by atoms with Crippen LogP contribution in [0.3, 0.4) is 0 Å². The van der Waals surface area contributed by atoms with E-state index in [0.717, 1.165) is 12.8 Å². The Hall–Kier alpha value is -1.53. The summed E-state index contributed by atoms with van der Waals surface area (Å²) in [7, 11) is 0. The van der Waals surface area contributed by atoms with Gasteiger partial charge in [0.25, 0.3) is 0 Å². The van der Waals surface area contributed by atoms with Crippen LogP contribution in [0, 0.1) is 11.3 Å². The van der Waals surface area contributed by atoms with Crippen molar-refractivity contribution in [2.45, 2.75) is 45.0 Å². The van der Waals surface area contributed by atoms with Crippen molar-refractivity contribution in [3.05, 3.63) is 29.8 Å². The van der Waals surface area contributed by atoms with Gasteiger partial charge >= 0.3 is 0 Å². The highest BCUT2D eigenvalue weighted by molar-refractivity contribution is 5.42. The van der Waals surface area contributed by atoms with Gasteiger partial charge in [-0.3, -0.25) is 0 Å². The Morgan fingerprint density at radius 2 is 1.88 bits per heavy atom. The van der Waals surface area contributed by atoms with Gasteiger partial charge in [-0.2, -0.15) is 5.26 Å². The van der Waals surface area contributed by atoms with Crippen LogP contribution in [0.4, 0.5) is 0 Å². The summed E-state index contributed by atoms with van der Waals surface area (Å²) in [5.41, 5.74) is 0.597. The molecule has 1 heterocycles. The molecule has 0 amide bonds. The minimum absolute atomic E-state index is 0.142. The Bertz CT molecular complexity index is 414. The third-order valence-corrected chi connectivity index (χ3v) is 2.96. The van der Waals surface area contributed by atoms with Crippen molar-refractivity contribution >= 4 is 0 Å². The number of para-hydroxylation sites is 1. The largest absolute Gasteiger partial charge is 0.489 e. The van der Waals surface area contributed by atoms with Crippen LogP contribution in [-0.4, -0.2) is 18.3 Å². The standard InChI is InChI=1S/C14H17NO2/c1-10-7-13(8-11(2)16-10)17-14-6-4-3-5-12(14)9-15/h3-6,10-11,13H,7-8H2,1-2H3. The van der Waals surface area contributed by atoms with Crippen LogP contribution in [0.5, 0.6) is 5.75 Å². The lowest BCUT2D eigenvalue weighted by molar-refractivity contribution is -0.0721. The summed E-state index contributed by atoms with van der Waals surface area (Å²) in [6.45, 7) is 4.12. The van der Waals surface area contributed by atoms with Gasteiger partial charge in [0.05, 0.1) is 17.8 Å². The molecule has 0 N–H and O–H groups in total. The maximum atomic E-state index is 9.00. The van der Waals surface area contributed by atoms with Crippen LogP contribution < -0.4 is 4.74 Å². The number of rotatable bonds is 2. The van der Waals surface area contributed by atoms with Gasteiger partial charge in [-0.15, -0.1) is 0 Å². The third kappa shape index (κ3) is 2.98. The first kappa shape index (κ1) is 11.9. The zero-order valence-corrected chi connectivity index (χ0v) is 10.2. The quantitative estimate of drug-likeness (QED) is 0.786. The second-order valence-electron chi connectivity index (χ2n) is 4.58. The Kier molecular flexibility index (Phi) is 3.65. The van der Waals surface area contributed by atoms with Crippen molar-refractivity contribution in [1.82, 2.24) is 0 Å². The molecule has 2 unspecified atom stereocenters. The normalized spacial score (nSPS) is 28.4. The van der Waals surface area contributed by atoms with Crippen molar-refractivity contribution in [3.8, 4) is 11.8 Å². The van der Waals surface area contributed by atoms with Gasteiger partial charge in [0.1, 0.15) is 17.9 Å². The Morgan fingerprint density at radius 3 is 2.53 bits per heavy atom. The molecular formula is C14H17NO2. The smallest absolute Gasteiger partial charge is 0.137 e. The maximum Gasteiger partial charge on any atom is 0.137 e. The zero-order chi connectivity index (χ0) is 12.3. The van der Waals surface area contributed by atoms with Gasteiger partial charge in [0.2, 0.25) is 0 Å². The monoisotopic (exact) mass is 231 g/mol. The van der Waals surface area contributed by atoms with Gasteiger partial charge in [0.15, 0.2) is 0 Å². The number of nitrogens with zero attached hydrogens (tertiary/aromatic N) is 1. The first-order valence-corrected chi connectivity index (χ1v) is 6.00. The first-order chi connectivity index (χ1) is 8.19. The fourth-order valence-electron chi connectivity index (χ4n) is 2.28. The van der Waals surface area contributed by atoms with E-state index in [1.165, 1.54) is 0 Å². The van der Waals surface area contributed by atoms with Gasteiger partial charge in [-0.25, -0.2) is 0 Å². The number of hydrogen-bond donors (Lipinski definition) is 0. The lowest BCUT2D eigenvalue weighted by Crippen LogP contribution is -2.35. The molecule has 1 aromatic rings. The molecule has 0 saturated carbocycles. The fourth-order valence-corrected chi connectivity index (χ4v) is 2.28.